The zero-order valence-electron chi connectivity index (χ0n) is 10.5. The maximum absolute atomic E-state index is 13.1. The van der Waals surface area contributed by atoms with Crippen molar-refractivity contribution >= 4 is 10.0 Å². The number of aliphatic hydroxyl groups excluding tert-OH is 1. The Morgan fingerprint density at radius 3 is 2.40 bits per heavy atom. The summed E-state index contributed by atoms with van der Waals surface area (Å²) in [4.78, 5) is -0.174. The fourth-order valence-electron chi connectivity index (χ4n) is 1.79. The van der Waals surface area contributed by atoms with E-state index in [1.54, 1.807) is 30.3 Å². The lowest BCUT2D eigenvalue weighted by molar-refractivity contribution is 0.259. The third-order valence-corrected chi connectivity index (χ3v) is 4.26. The van der Waals surface area contributed by atoms with Crippen LogP contribution < -0.4 is 4.72 Å². The molecule has 2 rings (SSSR count). The van der Waals surface area contributed by atoms with Crippen LogP contribution in [0.25, 0.3) is 0 Å². The van der Waals surface area contributed by atoms with Gasteiger partial charge in [-0.3, -0.25) is 0 Å². The van der Waals surface area contributed by atoms with Gasteiger partial charge in [-0.2, -0.15) is 0 Å². The molecule has 4 nitrogen and oxygen atoms in total. The van der Waals surface area contributed by atoms with E-state index < -0.39 is 28.5 Å². The van der Waals surface area contributed by atoms with Gasteiger partial charge in [0.15, 0.2) is 0 Å². The fourth-order valence-corrected chi connectivity index (χ4v) is 3.03. The van der Waals surface area contributed by atoms with E-state index in [0.717, 1.165) is 6.07 Å². The number of hydrogen-bond acceptors (Lipinski definition) is 3. The molecule has 0 aliphatic carbocycles. The molecule has 6 heteroatoms. The highest BCUT2D eigenvalue weighted by atomic mass is 32.2. The van der Waals surface area contributed by atoms with Crippen molar-refractivity contribution in [3.05, 3.63) is 66.0 Å². The van der Waals surface area contributed by atoms with E-state index in [0.29, 0.717) is 5.56 Å². The van der Waals surface area contributed by atoms with Crippen LogP contribution in [-0.4, -0.2) is 20.1 Å². The van der Waals surface area contributed by atoms with E-state index >= 15 is 0 Å². The summed E-state index contributed by atoms with van der Waals surface area (Å²) in [7, 11) is -3.89. The summed E-state index contributed by atoms with van der Waals surface area (Å²) in [6, 6.07) is 12.6. The fraction of sp³-hybridized carbons (Fsp3) is 0.143. The van der Waals surface area contributed by atoms with Crippen LogP contribution in [0, 0.1) is 5.82 Å². The Hall–Kier alpha value is -1.76. The Labute approximate surface area is 116 Å². The molecule has 0 bridgehead atoms. The van der Waals surface area contributed by atoms with Crippen molar-refractivity contribution in [2.45, 2.75) is 10.9 Å². The monoisotopic (exact) mass is 295 g/mol. The number of rotatable bonds is 5. The van der Waals surface area contributed by atoms with Crippen LogP contribution in [0.15, 0.2) is 59.5 Å². The zero-order chi connectivity index (χ0) is 14.6. The second kappa shape index (κ2) is 6.13. The van der Waals surface area contributed by atoms with Crippen LogP contribution >= 0.6 is 0 Å². The van der Waals surface area contributed by atoms with Gasteiger partial charge in [-0.1, -0.05) is 36.4 Å². The Morgan fingerprint density at radius 1 is 1.10 bits per heavy atom. The molecular weight excluding hydrogens is 281 g/mol. The lowest BCUT2D eigenvalue weighted by atomic mass is 10.1. The summed E-state index contributed by atoms with van der Waals surface area (Å²) in [6.07, 6.45) is 0. The van der Waals surface area contributed by atoms with Gasteiger partial charge in [-0.25, -0.2) is 17.5 Å². The quantitative estimate of drug-likeness (QED) is 0.884. The van der Waals surface area contributed by atoms with Gasteiger partial charge >= 0.3 is 0 Å². The maximum Gasteiger partial charge on any atom is 0.241 e. The summed E-state index contributed by atoms with van der Waals surface area (Å²) in [5, 5.41) is 9.34. The minimum absolute atomic E-state index is 0.174. The second-order valence-electron chi connectivity index (χ2n) is 4.22. The van der Waals surface area contributed by atoms with E-state index in [2.05, 4.69) is 4.72 Å². The van der Waals surface area contributed by atoms with Crippen LogP contribution in [0.1, 0.15) is 11.6 Å². The average molecular weight is 295 g/mol. The van der Waals surface area contributed by atoms with Gasteiger partial charge in [0.1, 0.15) is 5.82 Å². The van der Waals surface area contributed by atoms with Crippen molar-refractivity contribution < 1.29 is 17.9 Å². The largest absolute Gasteiger partial charge is 0.394 e. The number of benzene rings is 2. The van der Waals surface area contributed by atoms with Gasteiger partial charge in [0.2, 0.25) is 10.0 Å². The summed E-state index contributed by atoms with van der Waals surface area (Å²) in [5.74, 6) is -0.631. The molecule has 0 fully saturated rings. The minimum atomic E-state index is -3.89. The zero-order valence-corrected chi connectivity index (χ0v) is 11.3. The topological polar surface area (TPSA) is 66.4 Å². The first-order valence-corrected chi connectivity index (χ1v) is 7.45. The van der Waals surface area contributed by atoms with Gasteiger partial charge in [0, 0.05) is 0 Å². The van der Waals surface area contributed by atoms with E-state index in [1.165, 1.54) is 18.2 Å². The molecule has 1 atom stereocenters. The predicted octanol–water partition coefficient (Wildman–Crippen LogP) is 1.84. The second-order valence-corrected chi connectivity index (χ2v) is 5.94. The SMILES string of the molecule is O=S(=O)(NC(CO)c1ccccc1)c1cccc(F)c1. The smallest absolute Gasteiger partial charge is 0.241 e. The molecule has 0 radical (unpaired) electrons. The molecule has 0 aromatic heterocycles. The summed E-state index contributed by atoms with van der Waals surface area (Å²) >= 11 is 0. The Bertz CT molecular complexity index is 674. The molecule has 0 spiro atoms. The maximum atomic E-state index is 13.1. The summed E-state index contributed by atoms with van der Waals surface area (Å²) in [6.45, 7) is -0.390. The van der Waals surface area contributed by atoms with Crippen molar-refractivity contribution in [3.63, 3.8) is 0 Å². The molecule has 2 N–H and O–H groups in total. The van der Waals surface area contributed by atoms with Crippen LogP contribution in [-0.2, 0) is 10.0 Å². The van der Waals surface area contributed by atoms with Crippen molar-refractivity contribution in [3.8, 4) is 0 Å². The average Bonchev–Trinajstić information content (AvgIpc) is 2.46. The normalized spacial score (nSPS) is 13.1. The molecule has 0 saturated heterocycles. The van der Waals surface area contributed by atoms with E-state index in [1.807, 2.05) is 0 Å². The molecule has 1 unspecified atom stereocenters. The van der Waals surface area contributed by atoms with Crippen molar-refractivity contribution in [2.24, 2.45) is 0 Å². The summed E-state index contributed by atoms with van der Waals surface area (Å²) < 4.78 is 39.7. The highest BCUT2D eigenvalue weighted by Crippen LogP contribution is 2.17. The Balaban J connectivity index is 2.27. The van der Waals surface area contributed by atoms with E-state index in [-0.39, 0.29) is 4.90 Å². The molecule has 20 heavy (non-hydrogen) atoms. The van der Waals surface area contributed by atoms with Crippen molar-refractivity contribution in [2.75, 3.05) is 6.61 Å². The van der Waals surface area contributed by atoms with Crippen LogP contribution in [0.2, 0.25) is 0 Å². The molecule has 106 valence electrons. The lowest BCUT2D eigenvalue weighted by Crippen LogP contribution is -2.30. The standard InChI is InChI=1S/C14H14FNO3S/c15-12-7-4-8-13(9-12)20(18,19)16-14(10-17)11-5-2-1-3-6-11/h1-9,14,16-17H,10H2. The molecule has 0 saturated carbocycles. The van der Waals surface area contributed by atoms with Crippen LogP contribution in [0.3, 0.4) is 0 Å². The van der Waals surface area contributed by atoms with Gasteiger partial charge in [-0.15, -0.1) is 0 Å². The molecule has 0 amide bonds. The lowest BCUT2D eigenvalue weighted by Gasteiger charge is -2.16. The Kier molecular flexibility index (Phi) is 4.49. The van der Waals surface area contributed by atoms with Gasteiger partial charge in [0.25, 0.3) is 0 Å². The third-order valence-electron chi connectivity index (χ3n) is 2.79. The van der Waals surface area contributed by atoms with Crippen molar-refractivity contribution in [1.82, 2.24) is 4.72 Å². The van der Waals surface area contributed by atoms with Gasteiger partial charge in [-0.05, 0) is 23.8 Å². The molecule has 2 aromatic rings. The molecule has 0 aliphatic heterocycles. The van der Waals surface area contributed by atoms with Crippen molar-refractivity contribution in [1.29, 1.82) is 0 Å². The molecule has 0 aliphatic rings. The number of sulfonamides is 1. The van der Waals surface area contributed by atoms with E-state index in [9.17, 15) is 17.9 Å². The first kappa shape index (κ1) is 14.6. The van der Waals surface area contributed by atoms with Gasteiger partial charge < -0.3 is 5.11 Å². The van der Waals surface area contributed by atoms with E-state index in [4.69, 9.17) is 0 Å². The number of halogens is 1. The molecular formula is C14H14FNO3S. The predicted molar refractivity (Wildman–Crippen MR) is 73.0 cm³/mol. The number of nitrogens with one attached hydrogen (secondary N) is 1. The molecule has 2 aromatic carbocycles. The Morgan fingerprint density at radius 2 is 1.80 bits per heavy atom. The highest BCUT2D eigenvalue weighted by molar-refractivity contribution is 7.89. The van der Waals surface area contributed by atoms with Gasteiger partial charge in [0.05, 0.1) is 17.5 Å². The van der Waals surface area contributed by atoms with Crippen LogP contribution in [0.5, 0.6) is 0 Å². The highest BCUT2D eigenvalue weighted by Gasteiger charge is 2.21. The number of hydrogen-bond donors (Lipinski definition) is 2. The van der Waals surface area contributed by atoms with Crippen LogP contribution in [0.4, 0.5) is 4.39 Å². The first-order valence-electron chi connectivity index (χ1n) is 5.96. The molecule has 0 heterocycles. The third kappa shape index (κ3) is 3.41. The summed E-state index contributed by atoms with van der Waals surface area (Å²) in [5.41, 5.74) is 0.634. The minimum Gasteiger partial charge on any atom is -0.394 e. The first-order chi connectivity index (χ1) is 9.53. The number of aliphatic hydroxyl groups is 1.